The van der Waals surface area contributed by atoms with E-state index < -0.39 is 10.0 Å². The number of amides is 1. The van der Waals surface area contributed by atoms with Gasteiger partial charge in [-0.05, 0) is 37.0 Å². The second-order valence-corrected chi connectivity index (χ2v) is 8.83. The summed E-state index contributed by atoms with van der Waals surface area (Å²) in [5, 5.41) is 3.10. The molecule has 1 N–H and O–H groups in total. The highest BCUT2D eigenvalue weighted by atomic mass is 32.2. The summed E-state index contributed by atoms with van der Waals surface area (Å²) in [6.07, 6.45) is 2.18. The Labute approximate surface area is 161 Å². The molecule has 0 unspecified atom stereocenters. The summed E-state index contributed by atoms with van der Waals surface area (Å²) in [6, 6.07) is 18.2. The van der Waals surface area contributed by atoms with Crippen molar-refractivity contribution in [2.45, 2.75) is 37.1 Å². The Morgan fingerprint density at radius 1 is 1.11 bits per heavy atom. The first kappa shape index (κ1) is 19.6. The van der Waals surface area contributed by atoms with E-state index in [2.05, 4.69) is 5.32 Å². The van der Waals surface area contributed by atoms with E-state index in [1.807, 2.05) is 37.3 Å². The van der Waals surface area contributed by atoms with Crippen LogP contribution in [0.2, 0.25) is 0 Å². The van der Waals surface area contributed by atoms with Gasteiger partial charge < -0.3 is 5.32 Å². The Balaban J connectivity index is 1.69. The number of nitrogens with zero attached hydrogens (tertiary/aromatic N) is 1. The van der Waals surface area contributed by atoms with Crippen LogP contribution in [0.4, 0.5) is 0 Å². The van der Waals surface area contributed by atoms with Crippen molar-refractivity contribution in [1.82, 2.24) is 9.62 Å². The number of carbonyl (C=O) groups excluding carboxylic acids is 1. The van der Waals surface area contributed by atoms with Gasteiger partial charge in [-0.2, -0.15) is 4.31 Å². The van der Waals surface area contributed by atoms with Crippen LogP contribution in [0.15, 0.2) is 65.6 Å². The molecule has 2 aromatic carbocycles. The lowest BCUT2D eigenvalue weighted by molar-refractivity contribution is -0.126. The van der Waals surface area contributed by atoms with Crippen molar-refractivity contribution in [2.24, 2.45) is 5.92 Å². The zero-order valence-electron chi connectivity index (χ0n) is 15.5. The molecule has 0 aliphatic carbocycles. The van der Waals surface area contributed by atoms with E-state index in [1.165, 1.54) is 4.31 Å². The van der Waals surface area contributed by atoms with Gasteiger partial charge in [-0.1, -0.05) is 55.5 Å². The van der Waals surface area contributed by atoms with E-state index in [4.69, 9.17) is 0 Å². The molecular weight excluding hydrogens is 360 g/mol. The third kappa shape index (κ3) is 4.57. The van der Waals surface area contributed by atoms with E-state index in [9.17, 15) is 13.2 Å². The SMILES string of the molecule is CC[C@@H](NC(=O)[C@H]1CCCN(S(=O)(=O)c2ccccc2)C1)c1ccccc1. The number of piperidine rings is 1. The smallest absolute Gasteiger partial charge is 0.243 e. The largest absolute Gasteiger partial charge is 0.349 e. The first-order valence-corrected chi connectivity index (χ1v) is 10.9. The van der Waals surface area contributed by atoms with Gasteiger partial charge in [-0.25, -0.2) is 8.42 Å². The van der Waals surface area contributed by atoms with Crippen LogP contribution in [-0.4, -0.2) is 31.7 Å². The Kier molecular flexibility index (Phi) is 6.29. The van der Waals surface area contributed by atoms with Crippen molar-refractivity contribution in [2.75, 3.05) is 13.1 Å². The van der Waals surface area contributed by atoms with Crippen LogP contribution in [0.3, 0.4) is 0 Å². The summed E-state index contributed by atoms with van der Waals surface area (Å²) in [5.41, 5.74) is 1.07. The minimum Gasteiger partial charge on any atom is -0.349 e. The monoisotopic (exact) mass is 386 g/mol. The molecule has 1 aliphatic heterocycles. The van der Waals surface area contributed by atoms with Crippen LogP contribution >= 0.6 is 0 Å². The molecule has 6 heteroatoms. The fourth-order valence-corrected chi connectivity index (χ4v) is 5.06. The van der Waals surface area contributed by atoms with Gasteiger partial charge in [0.2, 0.25) is 15.9 Å². The number of carbonyl (C=O) groups is 1. The number of benzene rings is 2. The van der Waals surface area contributed by atoms with E-state index in [-0.39, 0.29) is 29.3 Å². The number of sulfonamides is 1. The second kappa shape index (κ2) is 8.67. The molecule has 0 saturated carbocycles. The van der Waals surface area contributed by atoms with Crippen molar-refractivity contribution in [1.29, 1.82) is 0 Å². The van der Waals surface area contributed by atoms with Crippen molar-refractivity contribution < 1.29 is 13.2 Å². The van der Waals surface area contributed by atoms with Gasteiger partial charge in [-0.15, -0.1) is 0 Å². The molecule has 0 spiro atoms. The van der Waals surface area contributed by atoms with Crippen molar-refractivity contribution >= 4 is 15.9 Å². The summed E-state index contributed by atoms with van der Waals surface area (Å²) in [7, 11) is -3.56. The average molecular weight is 387 g/mol. The van der Waals surface area contributed by atoms with Gasteiger partial charge in [0, 0.05) is 13.1 Å². The fraction of sp³-hybridized carbons (Fsp3) is 0.381. The third-order valence-corrected chi connectivity index (χ3v) is 6.94. The summed E-state index contributed by atoms with van der Waals surface area (Å²) >= 11 is 0. The third-order valence-electron chi connectivity index (χ3n) is 5.06. The first-order valence-electron chi connectivity index (χ1n) is 9.43. The second-order valence-electron chi connectivity index (χ2n) is 6.90. The van der Waals surface area contributed by atoms with Crippen LogP contribution in [0.5, 0.6) is 0 Å². The number of hydrogen-bond donors (Lipinski definition) is 1. The molecule has 0 radical (unpaired) electrons. The number of rotatable bonds is 6. The zero-order chi connectivity index (χ0) is 19.3. The summed E-state index contributed by atoms with van der Waals surface area (Å²) in [4.78, 5) is 13.1. The molecule has 1 aliphatic rings. The molecule has 0 bridgehead atoms. The maximum atomic E-state index is 12.8. The van der Waals surface area contributed by atoms with Crippen molar-refractivity contribution in [3.8, 4) is 0 Å². The molecule has 5 nitrogen and oxygen atoms in total. The molecule has 3 rings (SSSR count). The van der Waals surface area contributed by atoms with E-state index >= 15 is 0 Å². The molecule has 1 fully saturated rings. The highest BCUT2D eigenvalue weighted by Gasteiger charge is 2.33. The fourth-order valence-electron chi connectivity index (χ4n) is 3.51. The minimum atomic E-state index is -3.56. The molecule has 1 saturated heterocycles. The predicted octanol–water partition coefficient (Wildman–Crippen LogP) is 3.35. The molecule has 27 heavy (non-hydrogen) atoms. The predicted molar refractivity (Wildman–Crippen MR) is 106 cm³/mol. The van der Waals surface area contributed by atoms with Gasteiger partial charge in [0.15, 0.2) is 0 Å². The highest BCUT2D eigenvalue weighted by molar-refractivity contribution is 7.89. The number of hydrogen-bond acceptors (Lipinski definition) is 3. The summed E-state index contributed by atoms with van der Waals surface area (Å²) < 4.78 is 27.1. The van der Waals surface area contributed by atoms with Crippen LogP contribution in [-0.2, 0) is 14.8 Å². The number of nitrogens with one attached hydrogen (secondary N) is 1. The maximum absolute atomic E-state index is 12.8. The Morgan fingerprint density at radius 3 is 2.37 bits per heavy atom. The lowest BCUT2D eigenvalue weighted by Gasteiger charge is -2.32. The molecule has 0 aromatic heterocycles. The van der Waals surface area contributed by atoms with Crippen molar-refractivity contribution in [3.63, 3.8) is 0 Å². The van der Waals surface area contributed by atoms with Gasteiger partial charge in [0.1, 0.15) is 0 Å². The summed E-state index contributed by atoms with van der Waals surface area (Å²) in [6.45, 7) is 2.72. The topological polar surface area (TPSA) is 66.5 Å². The van der Waals surface area contributed by atoms with Gasteiger partial charge in [0.25, 0.3) is 0 Å². The van der Waals surface area contributed by atoms with E-state index in [0.717, 1.165) is 12.0 Å². The molecule has 2 aromatic rings. The molecule has 1 heterocycles. The zero-order valence-corrected chi connectivity index (χ0v) is 16.4. The van der Waals surface area contributed by atoms with E-state index in [0.29, 0.717) is 19.4 Å². The van der Waals surface area contributed by atoms with Gasteiger partial charge in [0.05, 0.1) is 16.9 Å². The summed E-state index contributed by atoms with van der Waals surface area (Å²) in [5.74, 6) is -0.395. The quantitative estimate of drug-likeness (QED) is 0.828. The molecular formula is C21H26N2O3S. The Bertz CT molecular complexity index is 854. The van der Waals surface area contributed by atoms with Crippen LogP contribution in [0.1, 0.15) is 37.8 Å². The molecule has 144 valence electrons. The first-order chi connectivity index (χ1) is 13.0. The lowest BCUT2D eigenvalue weighted by Crippen LogP contribution is -2.46. The minimum absolute atomic E-state index is 0.0557. The Morgan fingerprint density at radius 2 is 1.74 bits per heavy atom. The van der Waals surface area contributed by atoms with Crippen LogP contribution in [0.25, 0.3) is 0 Å². The highest BCUT2D eigenvalue weighted by Crippen LogP contribution is 2.25. The standard InChI is InChI=1S/C21H26N2O3S/c1-2-20(17-10-5-3-6-11-17)22-21(24)18-12-9-15-23(16-18)27(25,26)19-13-7-4-8-14-19/h3-8,10-11,13-14,18,20H,2,9,12,15-16H2,1H3,(H,22,24)/t18-,20+/m0/s1. The lowest BCUT2D eigenvalue weighted by atomic mass is 9.97. The van der Waals surface area contributed by atoms with Crippen molar-refractivity contribution in [3.05, 3.63) is 66.2 Å². The van der Waals surface area contributed by atoms with Gasteiger partial charge >= 0.3 is 0 Å². The molecule has 2 atom stereocenters. The van der Waals surface area contributed by atoms with Crippen LogP contribution < -0.4 is 5.32 Å². The molecule has 1 amide bonds. The normalized spacial score (nSPS) is 19.4. The average Bonchev–Trinajstić information content (AvgIpc) is 2.73. The maximum Gasteiger partial charge on any atom is 0.243 e. The Hall–Kier alpha value is -2.18. The van der Waals surface area contributed by atoms with Gasteiger partial charge in [-0.3, -0.25) is 4.79 Å². The van der Waals surface area contributed by atoms with Crippen LogP contribution in [0, 0.1) is 5.92 Å². The van der Waals surface area contributed by atoms with E-state index in [1.54, 1.807) is 30.3 Å².